The van der Waals surface area contributed by atoms with Gasteiger partial charge in [-0.05, 0) is 45.2 Å². The van der Waals surface area contributed by atoms with Crippen molar-refractivity contribution in [2.24, 2.45) is 5.92 Å². The van der Waals surface area contributed by atoms with Crippen molar-refractivity contribution in [3.05, 3.63) is 29.4 Å². The molecule has 1 aromatic carbocycles. The maximum absolute atomic E-state index is 11.8. The van der Waals surface area contributed by atoms with Gasteiger partial charge in [0.2, 0.25) is 0 Å². The monoisotopic (exact) mass is 362 g/mol. The largest absolute Gasteiger partial charge is 0.444 e. The zero-order valence-electron chi connectivity index (χ0n) is 14.8. The second-order valence-electron chi connectivity index (χ2n) is 7.31. The average molecular weight is 363 g/mol. The summed E-state index contributed by atoms with van der Waals surface area (Å²) in [5.74, 6) is 1.04. The topological polar surface area (TPSA) is 67.3 Å². The third-order valence-corrected chi connectivity index (χ3v) is 4.28. The average Bonchev–Trinajstić information content (AvgIpc) is 2.99. The van der Waals surface area contributed by atoms with E-state index < -0.39 is 5.60 Å². The molecule has 0 aliphatic carbocycles. The number of amides is 1. The van der Waals surface area contributed by atoms with Gasteiger partial charge in [-0.25, -0.2) is 14.8 Å². The van der Waals surface area contributed by atoms with E-state index in [1.165, 1.54) is 0 Å². The van der Waals surface area contributed by atoms with E-state index in [2.05, 4.69) is 20.2 Å². The molecule has 1 unspecified atom stereocenters. The molecule has 2 aromatic rings. The summed E-state index contributed by atoms with van der Waals surface area (Å²) >= 11 is 6.33. The van der Waals surface area contributed by atoms with Crippen LogP contribution in [0.1, 0.15) is 27.2 Å². The van der Waals surface area contributed by atoms with Gasteiger partial charge >= 0.3 is 6.09 Å². The van der Waals surface area contributed by atoms with Crippen LogP contribution in [0.5, 0.6) is 0 Å². The van der Waals surface area contributed by atoms with E-state index in [0.29, 0.717) is 23.4 Å². The number of fused-ring (bicyclic) bond motifs is 1. The van der Waals surface area contributed by atoms with Gasteiger partial charge in [-0.15, -0.1) is 0 Å². The first-order valence-corrected chi connectivity index (χ1v) is 8.84. The number of hydrogen-bond donors (Lipinski definition) is 1. The van der Waals surface area contributed by atoms with E-state index in [1.54, 1.807) is 0 Å². The molecule has 1 aliphatic rings. The van der Waals surface area contributed by atoms with Crippen molar-refractivity contribution in [1.82, 2.24) is 15.3 Å². The fraction of sp³-hybridized carbons (Fsp3) is 0.500. The zero-order valence-corrected chi connectivity index (χ0v) is 15.5. The summed E-state index contributed by atoms with van der Waals surface area (Å²) in [4.78, 5) is 23.0. The van der Waals surface area contributed by atoms with E-state index >= 15 is 0 Å². The molecular formula is C18H23ClN4O2. The van der Waals surface area contributed by atoms with Crippen LogP contribution in [0.4, 0.5) is 10.6 Å². The Kier molecular flexibility index (Phi) is 4.99. The lowest BCUT2D eigenvalue weighted by Crippen LogP contribution is -2.36. The smallest absolute Gasteiger partial charge is 0.407 e. The van der Waals surface area contributed by atoms with E-state index in [-0.39, 0.29) is 6.09 Å². The number of para-hydroxylation sites is 2. The number of benzene rings is 1. The van der Waals surface area contributed by atoms with Crippen molar-refractivity contribution in [3.63, 3.8) is 0 Å². The summed E-state index contributed by atoms with van der Waals surface area (Å²) in [5, 5.41) is 3.26. The lowest BCUT2D eigenvalue weighted by molar-refractivity contribution is 0.0520. The Bertz CT molecular complexity index is 775. The summed E-state index contributed by atoms with van der Waals surface area (Å²) in [6, 6.07) is 7.68. The van der Waals surface area contributed by atoms with Crippen molar-refractivity contribution in [2.75, 3.05) is 24.5 Å². The van der Waals surface area contributed by atoms with Gasteiger partial charge in [-0.2, -0.15) is 0 Å². The molecule has 3 rings (SSSR count). The fourth-order valence-electron chi connectivity index (χ4n) is 2.90. The molecule has 25 heavy (non-hydrogen) atoms. The van der Waals surface area contributed by atoms with Gasteiger partial charge in [-0.1, -0.05) is 23.7 Å². The van der Waals surface area contributed by atoms with E-state index in [9.17, 15) is 4.79 Å². The third-order valence-electron chi connectivity index (χ3n) is 4.03. The van der Waals surface area contributed by atoms with Crippen molar-refractivity contribution in [1.29, 1.82) is 0 Å². The normalized spacial score (nSPS) is 17.8. The Balaban J connectivity index is 1.61. The molecule has 1 aliphatic heterocycles. The van der Waals surface area contributed by atoms with E-state index in [0.717, 1.165) is 30.5 Å². The van der Waals surface area contributed by atoms with Gasteiger partial charge in [0.05, 0.1) is 11.0 Å². The van der Waals surface area contributed by atoms with Gasteiger partial charge in [0, 0.05) is 19.6 Å². The number of carbonyl (C=O) groups excluding carboxylic acids is 1. The SMILES string of the molecule is CC(C)(C)OC(=O)NCC1CCN(c2nc3ccccc3nc2Cl)C1. The quantitative estimate of drug-likeness (QED) is 0.902. The Morgan fingerprint density at radius 2 is 2.00 bits per heavy atom. The molecule has 0 saturated carbocycles. The van der Waals surface area contributed by atoms with Gasteiger partial charge < -0.3 is 15.0 Å². The van der Waals surface area contributed by atoms with Crippen molar-refractivity contribution >= 4 is 34.5 Å². The Morgan fingerprint density at radius 1 is 1.32 bits per heavy atom. The van der Waals surface area contributed by atoms with Crippen LogP contribution in [0, 0.1) is 5.92 Å². The van der Waals surface area contributed by atoms with Crippen LogP contribution in [0.3, 0.4) is 0 Å². The number of nitrogens with one attached hydrogen (secondary N) is 1. The van der Waals surface area contributed by atoms with Crippen LogP contribution in [0.15, 0.2) is 24.3 Å². The standard InChI is InChI=1S/C18H23ClN4O2/c1-18(2,3)25-17(24)20-10-12-8-9-23(11-12)16-15(19)21-13-6-4-5-7-14(13)22-16/h4-7,12H,8-11H2,1-3H3,(H,20,24). The van der Waals surface area contributed by atoms with Crippen LogP contribution in [0.2, 0.25) is 5.15 Å². The van der Waals surface area contributed by atoms with Crippen LogP contribution >= 0.6 is 11.6 Å². The molecule has 1 aromatic heterocycles. The van der Waals surface area contributed by atoms with E-state index in [4.69, 9.17) is 16.3 Å². The molecule has 1 atom stereocenters. The second kappa shape index (κ2) is 7.04. The molecule has 134 valence electrons. The summed E-state index contributed by atoms with van der Waals surface area (Å²) < 4.78 is 5.27. The number of nitrogens with zero attached hydrogens (tertiary/aromatic N) is 3. The molecule has 1 amide bonds. The molecule has 0 spiro atoms. The molecule has 0 bridgehead atoms. The van der Waals surface area contributed by atoms with Crippen molar-refractivity contribution in [2.45, 2.75) is 32.8 Å². The number of aromatic nitrogens is 2. The number of carbonyl (C=O) groups is 1. The summed E-state index contributed by atoms with van der Waals surface area (Å²) in [6.45, 7) is 7.75. The molecule has 1 fully saturated rings. The van der Waals surface area contributed by atoms with Crippen molar-refractivity contribution < 1.29 is 9.53 Å². The van der Waals surface area contributed by atoms with Gasteiger partial charge in [0.25, 0.3) is 0 Å². The minimum absolute atomic E-state index is 0.330. The van der Waals surface area contributed by atoms with Crippen LogP contribution < -0.4 is 10.2 Å². The molecule has 6 nitrogen and oxygen atoms in total. The van der Waals surface area contributed by atoms with Crippen molar-refractivity contribution in [3.8, 4) is 0 Å². The molecule has 1 saturated heterocycles. The lowest BCUT2D eigenvalue weighted by atomic mass is 10.1. The highest BCUT2D eigenvalue weighted by atomic mass is 35.5. The zero-order chi connectivity index (χ0) is 18.0. The molecular weight excluding hydrogens is 340 g/mol. The van der Waals surface area contributed by atoms with Crippen LogP contribution in [0.25, 0.3) is 11.0 Å². The first-order chi connectivity index (χ1) is 11.8. The first-order valence-electron chi connectivity index (χ1n) is 8.46. The minimum Gasteiger partial charge on any atom is -0.444 e. The maximum Gasteiger partial charge on any atom is 0.407 e. The molecule has 0 radical (unpaired) electrons. The summed E-state index contributed by atoms with van der Waals surface area (Å²) in [6.07, 6.45) is 0.579. The summed E-state index contributed by atoms with van der Waals surface area (Å²) in [5.41, 5.74) is 1.14. The number of anilines is 1. The number of hydrogen-bond acceptors (Lipinski definition) is 5. The Morgan fingerprint density at radius 3 is 2.68 bits per heavy atom. The highest BCUT2D eigenvalue weighted by Gasteiger charge is 2.27. The highest BCUT2D eigenvalue weighted by Crippen LogP contribution is 2.29. The first kappa shape index (κ1) is 17.7. The van der Waals surface area contributed by atoms with Gasteiger partial charge in [0.1, 0.15) is 5.60 Å². The third kappa shape index (κ3) is 4.51. The second-order valence-corrected chi connectivity index (χ2v) is 7.67. The molecule has 7 heteroatoms. The number of rotatable bonds is 3. The number of alkyl carbamates (subject to hydrolysis) is 1. The highest BCUT2D eigenvalue weighted by molar-refractivity contribution is 6.32. The van der Waals surface area contributed by atoms with Gasteiger partial charge in [-0.3, -0.25) is 0 Å². The summed E-state index contributed by atoms with van der Waals surface area (Å²) in [7, 11) is 0. The Labute approximate surface area is 152 Å². The number of halogens is 1. The molecule has 1 N–H and O–H groups in total. The van der Waals surface area contributed by atoms with E-state index in [1.807, 2.05) is 45.0 Å². The van der Waals surface area contributed by atoms with Crippen LogP contribution in [-0.2, 0) is 4.74 Å². The maximum atomic E-state index is 11.8. The predicted octanol–water partition coefficient (Wildman–Crippen LogP) is 3.63. The molecule has 2 heterocycles. The minimum atomic E-state index is -0.486. The van der Waals surface area contributed by atoms with Gasteiger partial charge in [0.15, 0.2) is 11.0 Å². The number of ether oxygens (including phenoxy) is 1. The Hall–Kier alpha value is -2.08. The fourth-order valence-corrected chi connectivity index (χ4v) is 3.16. The van der Waals surface area contributed by atoms with Crippen LogP contribution in [-0.4, -0.2) is 41.3 Å². The predicted molar refractivity (Wildman–Crippen MR) is 99.1 cm³/mol. The lowest BCUT2D eigenvalue weighted by Gasteiger charge is -2.21.